The molecule has 110 valence electrons. The van der Waals surface area contributed by atoms with Crippen LogP contribution in [0.15, 0.2) is 42.5 Å². The van der Waals surface area contributed by atoms with Gasteiger partial charge in [0.25, 0.3) is 0 Å². The minimum atomic E-state index is -0.114. The van der Waals surface area contributed by atoms with Crippen molar-refractivity contribution in [1.82, 2.24) is 0 Å². The van der Waals surface area contributed by atoms with Gasteiger partial charge in [-0.1, -0.05) is 18.2 Å². The summed E-state index contributed by atoms with van der Waals surface area (Å²) in [5, 5.41) is 0. The summed E-state index contributed by atoms with van der Waals surface area (Å²) in [6.07, 6.45) is 0. The highest BCUT2D eigenvalue weighted by atomic mass is 16.5. The molecule has 2 aromatic carbocycles. The van der Waals surface area contributed by atoms with Gasteiger partial charge in [-0.25, -0.2) is 0 Å². The molecule has 2 aromatic rings. The van der Waals surface area contributed by atoms with E-state index in [2.05, 4.69) is 0 Å². The second kappa shape index (κ2) is 6.79. The van der Waals surface area contributed by atoms with Crippen LogP contribution in [0.2, 0.25) is 0 Å². The average Bonchev–Trinajstić information content (AvgIpc) is 2.49. The first-order chi connectivity index (χ1) is 10.2. The van der Waals surface area contributed by atoms with Gasteiger partial charge in [-0.2, -0.15) is 0 Å². The number of Topliss-reactive ketones (excluding diaryl/α,β-unsaturated/α-hetero) is 1. The number of hydrogen-bond donors (Lipinski definition) is 0. The van der Waals surface area contributed by atoms with Crippen LogP contribution >= 0.6 is 0 Å². The number of para-hydroxylation sites is 2. The summed E-state index contributed by atoms with van der Waals surface area (Å²) in [7, 11) is 1.53. The van der Waals surface area contributed by atoms with Crippen molar-refractivity contribution in [3.05, 3.63) is 48.0 Å². The molecule has 0 aliphatic rings. The zero-order valence-corrected chi connectivity index (χ0v) is 12.4. The second-order valence-corrected chi connectivity index (χ2v) is 4.37. The van der Waals surface area contributed by atoms with E-state index >= 15 is 0 Å². The van der Waals surface area contributed by atoms with E-state index < -0.39 is 0 Å². The maximum atomic E-state index is 11.9. The summed E-state index contributed by atoms with van der Waals surface area (Å²) >= 11 is 0. The number of methoxy groups -OCH3 is 1. The van der Waals surface area contributed by atoms with Crippen LogP contribution in [0, 0.1) is 0 Å². The molecule has 0 N–H and O–H groups in total. The Morgan fingerprint density at radius 2 is 1.57 bits per heavy atom. The van der Waals surface area contributed by atoms with Crippen molar-refractivity contribution in [1.29, 1.82) is 0 Å². The van der Waals surface area contributed by atoms with Crippen LogP contribution in [0.3, 0.4) is 0 Å². The number of carbonyl (C=O) groups excluding carboxylic acids is 1. The van der Waals surface area contributed by atoms with Gasteiger partial charge >= 0.3 is 0 Å². The zero-order chi connectivity index (χ0) is 15.2. The molecule has 2 rings (SSSR count). The zero-order valence-electron chi connectivity index (χ0n) is 12.4. The molecule has 0 bridgehead atoms. The number of benzene rings is 2. The quantitative estimate of drug-likeness (QED) is 0.750. The molecule has 4 nitrogen and oxygen atoms in total. The molecule has 0 heterocycles. The minimum absolute atomic E-state index is 0.114. The highest BCUT2D eigenvalue weighted by Crippen LogP contribution is 2.36. The van der Waals surface area contributed by atoms with Crippen LogP contribution < -0.4 is 14.2 Å². The van der Waals surface area contributed by atoms with Crippen molar-refractivity contribution < 1.29 is 19.0 Å². The molecular weight excluding hydrogens is 268 g/mol. The van der Waals surface area contributed by atoms with Crippen LogP contribution in [0.1, 0.15) is 24.2 Å². The Hall–Kier alpha value is -2.49. The van der Waals surface area contributed by atoms with Crippen LogP contribution in [0.4, 0.5) is 0 Å². The molecule has 0 aliphatic heterocycles. The molecule has 0 amide bonds. The number of rotatable bonds is 6. The van der Waals surface area contributed by atoms with Gasteiger partial charge in [0.1, 0.15) is 17.1 Å². The van der Waals surface area contributed by atoms with Gasteiger partial charge in [-0.15, -0.1) is 0 Å². The van der Waals surface area contributed by atoms with E-state index in [1.54, 1.807) is 24.3 Å². The largest absolute Gasteiger partial charge is 0.496 e. The summed E-state index contributed by atoms with van der Waals surface area (Å²) in [6, 6.07) is 12.6. The average molecular weight is 286 g/mol. The smallest absolute Gasteiger partial charge is 0.169 e. The van der Waals surface area contributed by atoms with Gasteiger partial charge < -0.3 is 14.2 Å². The Morgan fingerprint density at radius 1 is 0.952 bits per heavy atom. The molecule has 0 spiro atoms. The highest BCUT2D eigenvalue weighted by molar-refractivity contribution is 5.99. The van der Waals surface area contributed by atoms with Crippen molar-refractivity contribution >= 4 is 5.78 Å². The van der Waals surface area contributed by atoms with Crippen molar-refractivity contribution in [2.45, 2.75) is 13.8 Å². The Morgan fingerprint density at radius 3 is 2.19 bits per heavy atom. The first-order valence-corrected chi connectivity index (χ1v) is 6.75. The normalized spacial score (nSPS) is 10.0. The lowest BCUT2D eigenvalue weighted by Gasteiger charge is -2.15. The number of ketones is 1. The SMILES string of the molecule is CCOc1ccccc1Oc1cccc(OC)c1C(C)=O. The third-order valence-electron chi connectivity index (χ3n) is 2.93. The molecule has 21 heavy (non-hydrogen) atoms. The predicted molar refractivity (Wildman–Crippen MR) is 80.7 cm³/mol. The highest BCUT2D eigenvalue weighted by Gasteiger charge is 2.16. The van der Waals surface area contributed by atoms with E-state index in [1.807, 2.05) is 25.1 Å². The lowest BCUT2D eigenvalue weighted by atomic mass is 10.1. The first-order valence-electron chi connectivity index (χ1n) is 6.75. The molecule has 4 heteroatoms. The van der Waals surface area contributed by atoms with E-state index in [4.69, 9.17) is 14.2 Å². The van der Waals surface area contributed by atoms with Crippen LogP contribution in [-0.4, -0.2) is 19.5 Å². The third kappa shape index (κ3) is 3.34. The number of carbonyl (C=O) groups is 1. The second-order valence-electron chi connectivity index (χ2n) is 4.37. The van der Waals surface area contributed by atoms with Gasteiger partial charge in [-0.3, -0.25) is 4.79 Å². The van der Waals surface area contributed by atoms with Crippen LogP contribution in [0.25, 0.3) is 0 Å². The lowest BCUT2D eigenvalue weighted by Crippen LogP contribution is -2.02. The minimum Gasteiger partial charge on any atom is -0.496 e. The molecule has 0 saturated heterocycles. The fraction of sp³-hybridized carbons (Fsp3) is 0.235. The first kappa shape index (κ1) is 14.9. The van der Waals surface area contributed by atoms with Crippen LogP contribution in [0.5, 0.6) is 23.0 Å². The van der Waals surface area contributed by atoms with E-state index in [0.717, 1.165) is 0 Å². The van der Waals surface area contributed by atoms with Crippen molar-refractivity contribution in [2.24, 2.45) is 0 Å². The van der Waals surface area contributed by atoms with Gasteiger partial charge in [0.05, 0.1) is 13.7 Å². The maximum Gasteiger partial charge on any atom is 0.169 e. The van der Waals surface area contributed by atoms with Gasteiger partial charge in [-0.05, 0) is 38.1 Å². The molecule has 0 aliphatic carbocycles. The fourth-order valence-corrected chi connectivity index (χ4v) is 2.04. The lowest BCUT2D eigenvalue weighted by molar-refractivity contribution is 0.101. The van der Waals surface area contributed by atoms with Gasteiger partial charge in [0.2, 0.25) is 0 Å². The maximum absolute atomic E-state index is 11.9. The summed E-state index contributed by atoms with van der Waals surface area (Å²) in [5.41, 5.74) is 0.423. The third-order valence-corrected chi connectivity index (χ3v) is 2.93. The molecule has 0 saturated carbocycles. The van der Waals surface area contributed by atoms with Crippen molar-refractivity contribution in [2.75, 3.05) is 13.7 Å². The molecule has 0 aromatic heterocycles. The predicted octanol–water partition coefficient (Wildman–Crippen LogP) is 4.09. The van der Waals surface area contributed by atoms with Crippen LogP contribution in [-0.2, 0) is 0 Å². The van der Waals surface area contributed by atoms with Crippen molar-refractivity contribution in [3.63, 3.8) is 0 Å². The standard InChI is InChI=1S/C17H18O4/c1-4-20-13-8-5-6-9-14(13)21-16-11-7-10-15(19-3)17(16)12(2)18/h5-11H,4H2,1-3H3. The molecule has 0 unspecified atom stereocenters. The Kier molecular flexibility index (Phi) is 4.82. The van der Waals surface area contributed by atoms with E-state index in [-0.39, 0.29) is 5.78 Å². The summed E-state index contributed by atoms with van der Waals surface area (Å²) in [6.45, 7) is 3.93. The van der Waals surface area contributed by atoms with E-state index in [9.17, 15) is 4.79 Å². The summed E-state index contributed by atoms with van der Waals surface area (Å²) < 4.78 is 16.6. The van der Waals surface area contributed by atoms with Crippen molar-refractivity contribution in [3.8, 4) is 23.0 Å². The van der Waals surface area contributed by atoms with Gasteiger partial charge in [0, 0.05) is 0 Å². The fourth-order valence-electron chi connectivity index (χ4n) is 2.04. The number of ether oxygens (including phenoxy) is 3. The molecular formula is C17H18O4. The monoisotopic (exact) mass is 286 g/mol. The van der Waals surface area contributed by atoms with E-state index in [1.165, 1.54) is 14.0 Å². The molecule has 0 radical (unpaired) electrons. The Labute approximate surface area is 124 Å². The van der Waals surface area contributed by atoms with E-state index in [0.29, 0.717) is 35.2 Å². The topological polar surface area (TPSA) is 44.8 Å². The summed E-state index contributed by atoms with van der Waals surface area (Å²) in [4.78, 5) is 11.9. The Bertz CT molecular complexity index is 634. The molecule has 0 atom stereocenters. The number of hydrogen-bond acceptors (Lipinski definition) is 4. The van der Waals surface area contributed by atoms with Gasteiger partial charge in [0.15, 0.2) is 17.3 Å². The summed E-state index contributed by atoms with van der Waals surface area (Å²) in [5.74, 6) is 2.03. The Balaban J connectivity index is 2.42. The molecule has 0 fully saturated rings.